The average Bonchev–Trinajstić information content (AvgIpc) is 2.63. The topological polar surface area (TPSA) is 58.6 Å². The lowest BCUT2D eigenvalue weighted by atomic mass is 9.93. The maximum Gasteiger partial charge on any atom is 0.250 e. The Morgan fingerprint density at radius 2 is 2.00 bits per heavy atom. The lowest BCUT2D eigenvalue weighted by Gasteiger charge is -2.27. The molecule has 0 fully saturated rings. The molecular weight excluding hydrogens is 336 g/mol. The molecular formula is C19H28N2O3S. The van der Waals surface area contributed by atoms with E-state index in [1.165, 1.54) is 12.2 Å². The summed E-state index contributed by atoms with van der Waals surface area (Å²) in [5.74, 6) is -0.596. The minimum Gasteiger partial charge on any atom is -0.275 e. The van der Waals surface area contributed by atoms with Crippen LogP contribution in [-0.2, 0) is 20.6 Å². The number of carbonyl (C=O) groups is 1. The minimum absolute atomic E-state index is 0.176. The predicted octanol–water partition coefficient (Wildman–Crippen LogP) is 3.15. The first kappa shape index (κ1) is 21.3. The highest BCUT2D eigenvalue weighted by Crippen LogP contribution is 2.19. The Bertz CT molecular complexity index is 601. The number of aryl methyl sites for hydroxylation is 1. The molecule has 1 aromatic rings. The predicted molar refractivity (Wildman–Crippen MR) is 102 cm³/mol. The van der Waals surface area contributed by atoms with Crippen molar-refractivity contribution < 1.29 is 13.8 Å². The smallest absolute Gasteiger partial charge is 0.250 e. The molecule has 1 aromatic carbocycles. The normalized spacial score (nSPS) is 14.4. The molecule has 5 nitrogen and oxygen atoms in total. The molecule has 138 valence electrons. The molecule has 0 aliphatic carbocycles. The van der Waals surface area contributed by atoms with Gasteiger partial charge in [-0.05, 0) is 38.3 Å². The van der Waals surface area contributed by atoms with E-state index in [4.69, 9.17) is 4.84 Å². The van der Waals surface area contributed by atoms with Gasteiger partial charge in [-0.2, -0.15) is 0 Å². The van der Waals surface area contributed by atoms with Gasteiger partial charge in [0, 0.05) is 13.1 Å². The molecule has 0 heterocycles. The van der Waals surface area contributed by atoms with Gasteiger partial charge in [0.2, 0.25) is 0 Å². The van der Waals surface area contributed by atoms with Crippen LogP contribution >= 0.6 is 0 Å². The molecule has 0 bridgehead atoms. The first-order chi connectivity index (χ1) is 11.9. The van der Waals surface area contributed by atoms with E-state index in [2.05, 4.69) is 17.9 Å². The summed E-state index contributed by atoms with van der Waals surface area (Å²) in [7, 11) is 1.58. The van der Waals surface area contributed by atoms with Crippen LogP contribution in [0.25, 0.3) is 0 Å². The Morgan fingerprint density at radius 3 is 2.52 bits per heavy atom. The molecule has 6 heteroatoms. The molecule has 0 spiro atoms. The number of rotatable bonds is 11. The summed E-state index contributed by atoms with van der Waals surface area (Å²) < 4.78 is 15.6. The van der Waals surface area contributed by atoms with E-state index in [9.17, 15) is 9.00 Å². The largest absolute Gasteiger partial charge is 0.275 e. The fourth-order valence-corrected chi connectivity index (χ4v) is 3.44. The highest BCUT2D eigenvalue weighted by Gasteiger charge is 2.30. The summed E-state index contributed by atoms with van der Waals surface area (Å²) in [6.07, 6.45) is 5.69. The second kappa shape index (κ2) is 11.0. The summed E-state index contributed by atoms with van der Waals surface area (Å²) >= 11 is 0. The van der Waals surface area contributed by atoms with Crippen LogP contribution in [0.2, 0.25) is 0 Å². The number of hydroxylamine groups is 2. The van der Waals surface area contributed by atoms with Gasteiger partial charge in [0.05, 0.1) is 17.9 Å². The monoisotopic (exact) mass is 364 g/mol. The van der Waals surface area contributed by atoms with Gasteiger partial charge >= 0.3 is 0 Å². The van der Waals surface area contributed by atoms with E-state index < -0.39 is 22.9 Å². The molecule has 0 aromatic heterocycles. The molecule has 1 N–H and O–H groups in total. The van der Waals surface area contributed by atoms with Crippen LogP contribution in [0, 0.1) is 12.8 Å². The molecule has 0 aliphatic heterocycles. The van der Waals surface area contributed by atoms with Crippen LogP contribution in [0.4, 0.5) is 0 Å². The third-order valence-electron chi connectivity index (χ3n) is 3.99. The van der Waals surface area contributed by atoms with Crippen LogP contribution in [-0.4, -0.2) is 35.4 Å². The Kier molecular flexibility index (Phi) is 9.34. The van der Waals surface area contributed by atoms with Gasteiger partial charge in [0.15, 0.2) is 0 Å². The van der Waals surface area contributed by atoms with E-state index in [-0.39, 0.29) is 5.91 Å². The number of carbonyl (C=O) groups excluding carboxylic acids is 1. The average molecular weight is 365 g/mol. The number of nitrogens with one attached hydrogen (secondary N) is 1. The zero-order valence-electron chi connectivity index (χ0n) is 15.2. The number of hydrogen-bond donors (Lipinski definition) is 1. The molecule has 1 rings (SSSR count). The molecule has 1 amide bonds. The molecule has 25 heavy (non-hydrogen) atoms. The van der Waals surface area contributed by atoms with Gasteiger partial charge in [-0.15, -0.1) is 13.2 Å². The SMILES string of the molecule is C=CCCC[C@@H](C(=O)N(C)OC)[C@H](C=C)N[S@@](=O)c1ccc(C)cc1. The van der Waals surface area contributed by atoms with Crippen molar-refractivity contribution in [3.63, 3.8) is 0 Å². The van der Waals surface area contributed by atoms with E-state index in [0.717, 1.165) is 18.4 Å². The second-order valence-corrected chi connectivity index (χ2v) is 7.05. The highest BCUT2D eigenvalue weighted by molar-refractivity contribution is 7.83. The van der Waals surface area contributed by atoms with Crippen molar-refractivity contribution >= 4 is 16.9 Å². The van der Waals surface area contributed by atoms with Crippen LogP contribution < -0.4 is 4.72 Å². The van der Waals surface area contributed by atoms with Crippen molar-refractivity contribution in [3.05, 3.63) is 55.1 Å². The Labute approximate surface area is 153 Å². The summed E-state index contributed by atoms with van der Waals surface area (Å²) in [5.41, 5.74) is 1.10. The molecule has 0 saturated carbocycles. The number of allylic oxidation sites excluding steroid dienone is 1. The maximum absolute atomic E-state index is 12.6. The summed E-state index contributed by atoms with van der Waals surface area (Å²) in [6.45, 7) is 9.49. The Balaban J connectivity index is 2.92. The molecule has 0 saturated heterocycles. The standard InChI is InChI=1S/C19H28N2O3S/c1-6-8-9-10-17(19(22)21(4)24-5)18(7-2)20-25(23)16-13-11-15(3)12-14-16/h6-7,11-14,17-18,20H,1-2,8-10H2,3-5H3/t17-,18+,25+/m1/s1. The van der Waals surface area contributed by atoms with Crippen molar-refractivity contribution in [2.75, 3.05) is 14.2 Å². The number of benzene rings is 1. The minimum atomic E-state index is -1.43. The summed E-state index contributed by atoms with van der Waals surface area (Å²) in [6, 6.07) is 7.01. The van der Waals surface area contributed by atoms with Gasteiger partial charge in [-0.25, -0.2) is 14.0 Å². The Hall–Kier alpha value is -1.76. The van der Waals surface area contributed by atoms with Crippen LogP contribution in [0.3, 0.4) is 0 Å². The number of nitrogens with zero attached hydrogens (tertiary/aromatic N) is 1. The zero-order valence-corrected chi connectivity index (χ0v) is 16.1. The first-order valence-corrected chi connectivity index (χ1v) is 9.39. The molecule has 3 atom stereocenters. The fraction of sp³-hybridized carbons (Fsp3) is 0.421. The maximum atomic E-state index is 12.6. The third-order valence-corrected chi connectivity index (χ3v) is 5.18. The van der Waals surface area contributed by atoms with Gasteiger partial charge < -0.3 is 0 Å². The van der Waals surface area contributed by atoms with Crippen LogP contribution in [0.1, 0.15) is 24.8 Å². The number of unbranched alkanes of at least 4 members (excludes halogenated alkanes) is 1. The van der Waals surface area contributed by atoms with E-state index in [0.29, 0.717) is 11.3 Å². The highest BCUT2D eigenvalue weighted by atomic mass is 32.2. The fourth-order valence-electron chi connectivity index (χ4n) is 2.41. The van der Waals surface area contributed by atoms with Crippen molar-refractivity contribution in [1.82, 2.24) is 9.79 Å². The second-order valence-electron chi connectivity index (χ2n) is 5.81. The van der Waals surface area contributed by atoms with Crippen LogP contribution in [0.5, 0.6) is 0 Å². The molecule has 0 aliphatic rings. The van der Waals surface area contributed by atoms with E-state index in [1.807, 2.05) is 37.3 Å². The van der Waals surface area contributed by atoms with Gasteiger partial charge in [0.1, 0.15) is 11.0 Å². The summed E-state index contributed by atoms with van der Waals surface area (Å²) in [4.78, 5) is 18.3. The van der Waals surface area contributed by atoms with Gasteiger partial charge in [-0.3, -0.25) is 9.63 Å². The quantitative estimate of drug-likeness (QED) is 0.373. The Morgan fingerprint density at radius 1 is 1.36 bits per heavy atom. The van der Waals surface area contributed by atoms with Gasteiger partial charge in [0.25, 0.3) is 5.91 Å². The van der Waals surface area contributed by atoms with Crippen molar-refractivity contribution in [3.8, 4) is 0 Å². The third kappa shape index (κ3) is 6.57. The lowest BCUT2D eigenvalue weighted by Crippen LogP contribution is -2.44. The van der Waals surface area contributed by atoms with Crippen molar-refractivity contribution in [2.24, 2.45) is 5.92 Å². The van der Waals surface area contributed by atoms with Crippen LogP contribution in [0.15, 0.2) is 54.5 Å². The van der Waals surface area contributed by atoms with Crippen molar-refractivity contribution in [1.29, 1.82) is 0 Å². The summed E-state index contributed by atoms with van der Waals surface area (Å²) in [5, 5.41) is 1.20. The number of amides is 1. The zero-order chi connectivity index (χ0) is 18.8. The number of hydrogen-bond acceptors (Lipinski definition) is 3. The molecule has 0 radical (unpaired) electrons. The molecule has 0 unspecified atom stereocenters. The first-order valence-electron chi connectivity index (χ1n) is 8.24. The van der Waals surface area contributed by atoms with E-state index in [1.54, 1.807) is 13.1 Å². The van der Waals surface area contributed by atoms with Crippen molar-refractivity contribution in [2.45, 2.75) is 37.1 Å². The van der Waals surface area contributed by atoms with E-state index >= 15 is 0 Å². The van der Waals surface area contributed by atoms with Gasteiger partial charge in [-0.1, -0.05) is 29.8 Å². The lowest BCUT2D eigenvalue weighted by molar-refractivity contribution is -0.174.